The fourth-order valence-corrected chi connectivity index (χ4v) is 8.00. The Hall–Kier alpha value is -3.22. The minimum atomic E-state index is -0.337. The molecule has 7 heteroatoms. The van der Waals surface area contributed by atoms with Gasteiger partial charge in [0.05, 0.1) is 0 Å². The van der Waals surface area contributed by atoms with Gasteiger partial charge in [0, 0.05) is 75.6 Å². The van der Waals surface area contributed by atoms with Crippen molar-refractivity contribution in [1.82, 2.24) is 9.97 Å². The van der Waals surface area contributed by atoms with E-state index in [4.69, 9.17) is 4.98 Å². The molecule has 50 heavy (non-hydrogen) atoms. The molecule has 0 saturated heterocycles. The minimum Gasteiger partial charge on any atom is -0.512 e. The number of carbonyl (C=O) groups is 1. The molecule has 4 aromatic heterocycles. The van der Waals surface area contributed by atoms with E-state index in [1.54, 1.807) is 22.7 Å². The molecule has 0 atom stereocenters. The number of hydrogen-bond donors (Lipinski definition) is 1. The summed E-state index contributed by atoms with van der Waals surface area (Å²) in [4.78, 5) is 23.9. The van der Waals surface area contributed by atoms with E-state index < -0.39 is 0 Å². The molecule has 1 N–H and O–H groups in total. The van der Waals surface area contributed by atoms with Crippen LogP contribution in [0.25, 0.3) is 52.8 Å². The molecule has 0 unspecified atom stereocenters. The molecule has 0 aliphatic rings. The van der Waals surface area contributed by atoms with Crippen molar-refractivity contribution in [3.63, 3.8) is 0 Å². The molecule has 0 aliphatic heterocycles. The van der Waals surface area contributed by atoms with Gasteiger partial charge in [-0.1, -0.05) is 91.5 Å². The van der Waals surface area contributed by atoms with Gasteiger partial charge >= 0.3 is 0 Å². The van der Waals surface area contributed by atoms with Crippen molar-refractivity contribution in [2.45, 2.75) is 93.4 Å². The molecule has 0 aliphatic carbocycles. The van der Waals surface area contributed by atoms with E-state index in [1.807, 2.05) is 53.9 Å². The van der Waals surface area contributed by atoms with Crippen LogP contribution in [-0.2, 0) is 30.3 Å². The molecule has 4 heterocycles. The average molecular weight is 882 g/mol. The number of fused-ring (bicyclic) bond motifs is 3. The zero-order valence-corrected chi connectivity index (χ0v) is 34.8. The Balaban J connectivity index is 0.000000269. The Morgan fingerprint density at radius 2 is 1.50 bits per heavy atom. The normalized spacial score (nSPS) is 12.5. The van der Waals surface area contributed by atoms with E-state index in [2.05, 4.69) is 91.8 Å². The molecule has 0 bridgehead atoms. The molecule has 6 aromatic rings. The summed E-state index contributed by atoms with van der Waals surface area (Å²) in [6.07, 6.45) is 8.58. The molecule has 0 amide bonds. The monoisotopic (exact) mass is 882 g/mol. The third kappa shape index (κ3) is 7.97. The second kappa shape index (κ2) is 16.0. The van der Waals surface area contributed by atoms with Gasteiger partial charge in [-0.25, -0.2) is 4.98 Å². The smallest absolute Gasteiger partial charge is 0.164 e. The Morgan fingerprint density at radius 1 is 0.840 bits per heavy atom. The summed E-state index contributed by atoms with van der Waals surface area (Å²) in [7, 11) is 0. The van der Waals surface area contributed by atoms with Crippen LogP contribution in [0.1, 0.15) is 93.6 Å². The van der Waals surface area contributed by atoms with Gasteiger partial charge in [0.2, 0.25) is 0 Å². The number of ketones is 1. The number of aromatic nitrogens is 2. The number of allylic oxidation sites excluding steroid dienone is 2. The molecule has 2 aromatic carbocycles. The first kappa shape index (κ1) is 39.6. The Bertz CT molecular complexity index is 2130. The van der Waals surface area contributed by atoms with Crippen LogP contribution >= 0.6 is 22.7 Å². The van der Waals surface area contributed by atoms with Crippen LogP contribution in [-0.4, -0.2) is 20.9 Å². The van der Waals surface area contributed by atoms with E-state index in [9.17, 15) is 9.90 Å². The van der Waals surface area contributed by atoms with Crippen LogP contribution in [0.15, 0.2) is 84.2 Å². The maximum absolute atomic E-state index is 12.2. The Morgan fingerprint density at radius 3 is 2.16 bits per heavy atom. The fourth-order valence-electron chi connectivity index (χ4n) is 6.04. The molecule has 0 saturated carbocycles. The molecule has 4 nitrogen and oxygen atoms in total. The van der Waals surface area contributed by atoms with E-state index in [1.165, 1.54) is 42.9 Å². The van der Waals surface area contributed by atoms with Gasteiger partial charge in [0.25, 0.3) is 0 Å². The summed E-state index contributed by atoms with van der Waals surface area (Å²) in [5.41, 5.74) is 4.05. The second-order valence-corrected chi connectivity index (χ2v) is 16.5. The quantitative estimate of drug-likeness (QED) is 0.0893. The number of rotatable bonds is 9. The van der Waals surface area contributed by atoms with Gasteiger partial charge in [0.15, 0.2) is 5.78 Å². The Labute approximate surface area is 319 Å². The third-order valence-corrected chi connectivity index (χ3v) is 12.5. The fraction of sp³-hybridized carbons (Fsp3) is 0.372. The maximum Gasteiger partial charge on any atom is 0.164 e. The molecule has 6 rings (SSSR count). The van der Waals surface area contributed by atoms with E-state index in [0.717, 1.165) is 47.2 Å². The summed E-state index contributed by atoms with van der Waals surface area (Å²) < 4.78 is 1.20. The van der Waals surface area contributed by atoms with Gasteiger partial charge in [-0.05, 0) is 66.1 Å². The summed E-state index contributed by atoms with van der Waals surface area (Å²) in [6.45, 7) is 18.9. The van der Waals surface area contributed by atoms with Crippen molar-refractivity contribution in [2.75, 3.05) is 0 Å². The molecule has 0 spiro atoms. The number of aliphatic hydroxyl groups is 1. The van der Waals surface area contributed by atoms with Crippen molar-refractivity contribution in [3.8, 4) is 21.7 Å². The summed E-state index contributed by atoms with van der Waals surface area (Å²) in [5, 5.41) is 17.1. The predicted octanol–water partition coefficient (Wildman–Crippen LogP) is 13.1. The van der Waals surface area contributed by atoms with Crippen LogP contribution in [0.3, 0.4) is 0 Å². The average Bonchev–Trinajstić information content (AvgIpc) is 3.78. The van der Waals surface area contributed by atoms with Crippen LogP contribution in [0.4, 0.5) is 0 Å². The van der Waals surface area contributed by atoms with Crippen LogP contribution in [0.2, 0.25) is 0 Å². The zero-order chi connectivity index (χ0) is 35.6. The number of aliphatic hydroxyl groups excluding tert-OH is 1. The van der Waals surface area contributed by atoms with Crippen molar-refractivity contribution in [3.05, 3.63) is 95.8 Å². The molecule has 1 radical (unpaired) electrons. The van der Waals surface area contributed by atoms with Crippen molar-refractivity contribution in [2.24, 2.45) is 10.8 Å². The Kier molecular flexibility index (Phi) is 12.6. The number of thiophene rings is 2. The summed E-state index contributed by atoms with van der Waals surface area (Å²) >= 11 is 3.49. The van der Waals surface area contributed by atoms with Crippen molar-refractivity contribution in [1.29, 1.82) is 0 Å². The molecular weight excluding hydrogens is 833 g/mol. The molecule has 0 fully saturated rings. The van der Waals surface area contributed by atoms with Gasteiger partial charge in [-0.15, -0.1) is 51.8 Å². The van der Waals surface area contributed by atoms with Crippen LogP contribution in [0.5, 0.6) is 0 Å². The van der Waals surface area contributed by atoms with Gasteiger partial charge in [-0.2, -0.15) is 0 Å². The standard InChI is InChI=1S/C28H21N2S2.C15H28O2.Ir/c1-28(2,3)23-15-19(14-17-6-4-5-7-20(17)23)25-26-18(8-11-29-25)16-24(32-26)21-9-12-30-27-22(21)10-13-31-27;1-7-14(5,8-2)12(16)11-13(17)15(6,9-3)10-4;/h4-13,15-16H,1-3H3;11,16H,7-10H2,1-6H3;/q-1;;/b;12-11-;. The third-order valence-electron chi connectivity index (χ3n) is 10.5. The number of nitrogens with zero attached hydrogens (tertiary/aromatic N) is 2. The maximum atomic E-state index is 12.2. The van der Waals surface area contributed by atoms with Crippen LogP contribution in [0, 0.1) is 16.9 Å². The SMILES string of the molecule is CC(C)(C)c1cc(-c2nccc3cc(-c4ccnc5sccc45)sc23)[c-]c2ccccc12.CCC(C)(CC)C(=O)/C=C(\O)C(C)(CC)CC.[Ir]. The minimum absolute atomic E-state index is 0. The van der Waals surface area contributed by atoms with Crippen molar-refractivity contribution < 1.29 is 30.0 Å². The number of carbonyl (C=O) groups excluding carboxylic acids is 1. The van der Waals surface area contributed by atoms with E-state index >= 15 is 0 Å². The number of benzene rings is 2. The van der Waals surface area contributed by atoms with Crippen molar-refractivity contribution >= 4 is 59.5 Å². The largest absolute Gasteiger partial charge is 0.512 e. The van der Waals surface area contributed by atoms with E-state index in [-0.39, 0.29) is 47.9 Å². The predicted molar refractivity (Wildman–Crippen MR) is 212 cm³/mol. The second-order valence-electron chi connectivity index (χ2n) is 14.5. The first-order valence-electron chi connectivity index (χ1n) is 17.4. The van der Waals surface area contributed by atoms with E-state index in [0.29, 0.717) is 0 Å². The first-order chi connectivity index (χ1) is 23.3. The van der Waals surface area contributed by atoms with Crippen LogP contribution < -0.4 is 0 Å². The zero-order valence-electron chi connectivity index (χ0n) is 30.7. The van der Waals surface area contributed by atoms with Gasteiger partial charge in [0.1, 0.15) is 10.6 Å². The summed E-state index contributed by atoms with van der Waals surface area (Å²) in [6, 6.07) is 23.2. The summed E-state index contributed by atoms with van der Waals surface area (Å²) in [5.74, 6) is 0.286. The molecular formula is C43H49IrN2O2S2-. The van der Waals surface area contributed by atoms with Gasteiger partial charge < -0.3 is 5.11 Å². The topological polar surface area (TPSA) is 63.1 Å². The first-order valence-corrected chi connectivity index (χ1v) is 19.1. The number of hydrogen-bond acceptors (Lipinski definition) is 6. The van der Waals surface area contributed by atoms with Gasteiger partial charge in [-0.3, -0.25) is 9.78 Å². The number of pyridine rings is 2. The molecule has 265 valence electrons.